The first-order valence-corrected chi connectivity index (χ1v) is 10.4. The minimum atomic E-state index is -0.810. The van der Waals surface area contributed by atoms with E-state index in [9.17, 15) is 9.90 Å². The SMILES string of the molecule is Cc1ccc(-c2cc(-c3cc(Cl)cc(Cl)c3)cc(C(CC(C)C)C(=O)O)c2)cc1. The summed E-state index contributed by atoms with van der Waals surface area (Å²) in [5.41, 5.74) is 5.75. The standard InChI is InChI=1S/C25H24Cl2O2/c1-15(2)8-24(25(28)29)21-10-18(17-6-4-16(3)5-7-17)9-19(11-21)20-12-22(26)14-23(27)13-20/h4-7,9-15,24H,8H2,1-3H3,(H,28,29). The molecule has 150 valence electrons. The zero-order chi connectivity index (χ0) is 21.1. The second-order valence-corrected chi connectivity index (χ2v) is 8.76. The van der Waals surface area contributed by atoms with E-state index in [1.54, 1.807) is 6.07 Å². The van der Waals surface area contributed by atoms with Crippen molar-refractivity contribution in [3.05, 3.63) is 81.8 Å². The molecular weight excluding hydrogens is 403 g/mol. The molecule has 0 aliphatic heterocycles. The van der Waals surface area contributed by atoms with Gasteiger partial charge >= 0.3 is 5.97 Å². The van der Waals surface area contributed by atoms with Crippen molar-refractivity contribution >= 4 is 29.2 Å². The third kappa shape index (κ3) is 5.41. The highest BCUT2D eigenvalue weighted by Gasteiger charge is 2.22. The predicted octanol–water partition coefficient (Wildman–Crippen LogP) is 7.85. The second-order valence-electron chi connectivity index (χ2n) is 7.89. The number of hydrogen-bond donors (Lipinski definition) is 1. The van der Waals surface area contributed by atoms with E-state index < -0.39 is 11.9 Å². The number of carbonyl (C=O) groups is 1. The van der Waals surface area contributed by atoms with E-state index in [1.165, 1.54) is 5.56 Å². The molecule has 1 N–H and O–H groups in total. The normalized spacial score (nSPS) is 12.2. The first-order valence-electron chi connectivity index (χ1n) is 9.64. The summed E-state index contributed by atoms with van der Waals surface area (Å²) < 4.78 is 0. The molecule has 0 saturated carbocycles. The minimum absolute atomic E-state index is 0.267. The fourth-order valence-electron chi connectivity index (χ4n) is 3.50. The molecule has 0 fully saturated rings. The van der Waals surface area contributed by atoms with Crippen LogP contribution >= 0.6 is 23.2 Å². The molecule has 1 atom stereocenters. The molecule has 0 saturated heterocycles. The van der Waals surface area contributed by atoms with Crippen LogP contribution < -0.4 is 0 Å². The smallest absolute Gasteiger partial charge is 0.310 e. The van der Waals surface area contributed by atoms with Gasteiger partial charge in [-0.3, -0.25) is 4.79 Å². The highest BCUT2D eigenvalue weighted by molar-refractivity contribution is 6.35. The van der Waals surface area contributed by atoms with Crippen LogP contribution in [-0.4, -0.2) is 11.1 Å². The first kappa shape index (κ1) is 21.4. The van der Waals surface area contributed by atoms with Crippen molar-refractivity contribution in [2.45, 2.75) is 33.1 Å². The minimum Gasteiger partial charge on any atom is -0.481 e. The van der Waals surface area contributed by atoms with E-state index in [0.29, 0.717) is 16.5 Å². The average molecular weight is 427 g/mol. The van der Waals surface area contributed by atoms with Crippen LogP contribution in [0.4, 0.5) is 0 Å². The van der Waals surface area contributed by atoms with Crippen LogP contribution in [0.5, 0.6) is 0 Å². The van der Waals surface area contributed by atoms with E-state index in [1.807, 2.05) is 45.0 Å². The lowest BCUT2D eigenvalue weighted by molar-refractivity contribution is -0.139. The predicted molar refractivity (Wildman–Crippen MR) is 122 cm³/mol. The summed E-state index contributed by atoms with van der Waals surface area (Å²) in [5, 5.41) is 11.0. The summed E-state index contributed by atoms with van der Waals surface area (Å²) >= 11 is 12.4. The Bertz CT molecular complexity index is 1000. The van der Waals surface area contributed by atoms with E-state index in [2.05, 4.69) is 30.3 Å². The lowest BCUT2D eigenvalue weighted by Gasteiger charge is -2.18. The molecule has 3 aromatic carbocycles. The number of carboxylic acids is 1. The lowest BCUT2D eigenvalue weighted by atomic mass is 9.86. The summed E-state index contributed by atoms with van der Waals surface area (Å²) in [6.45, 7) is 6.12. The van der Waals surface area contributed by atoms with Gasteiger partial charge in [0.15, 0.2) is 0 Å². The number of aliphatic carboxylic acids is 1. The highest BCUT2D eigenvalue weighted by Crippen LogP contribution is 2.35. The Kier molecular flexibility index (Phi) is 6.66. The van der Waals surface area contributed by atoms with Gasteiger partial charge in [-0.1, -0.05) is 79.0 Å². The summed E-state index contributed by atoms with van der Waals surface area (Å²) in [6.07, 6.45) is 0.572. The number of hydrogen-bond acceptors (Lipinski definition) is 1. The fourth-order valence-corrected chi connectivity index (χ4v) is 4.03. The van der Waals surface area contributed by atoms with Crippen molar-refractivity contribution in [3.63, 3.8) is 0 Å². The Morgan fingerprint density at radius 2 is 1.34 bits per heavy atom. The number of rotatable bonds is 6. The van der Waals surface area contributed by atoms with Gasteiger partial charge in [-0.05, 0) is 71.3 Å². The largest absolute Gasteiger partial charge is 0.481 e. The number of benzene rings is 3. The Hall–Kier alpha value is -2.29. The van der Waals surface area contributed by atoms with Crippen molar-refractivity contribution in [1.82, 2.24) is 0 Å². The van der Waals surface area contributed by atoms with E-state index in [4.69, 9.17) is 23.2 Å². The molecular formula is C25H24Cl2O2. The number of carboxylic acid groups (broad SMARTS) is 1. The van der Waals surface area contributed by atoms with Gasteiger partial charge in [0.05, 0.1) is 5.92 Å². The van der Waals surface area contributed by atoms with Crippen LogP contribution in [0.3, 0.4) is 0 Å². The van der Waals surface area contributed by atoms with E-state index in [-0.39, 0.29) is 5.92 Å². The molecule has 0 aliphatic carbocycles. The molecule has 0 radical (unpaired) electrons. The maximum Gasteiger partial charge on any atom is 0.310 e. The van der Waals surface area contributed by atoms with E-state index >= 15 is 0 Å². The zero-order valence-corrected chi connectivity index (χ0v) is 18.3. The average Bonchev–Trinajstić information content (AvgIpc) is 2.65. The molecule has 0 aliphatic rings. The van der Waals surface area contributed by atoms with Crippen molar-refractivity contribution in [1.29, 1.82) is 0 Å². The monoisotopic (exact) mass is 426 g/mol. The first-order chi connectivity index (χ1) is 13.7. The van der Waals surface area contributed by atoms with Crippen molar-refractivity contribution in [3.8, 4) is 22.3 Å². The quantitative estimate of drug-likeness (QED) is 0.435. The molecule has 0 spiro atoms. The van der Waals surface area contributed by atoms with Gasteiger partial charge in [-0.25, -0.2) is 0 Å². The number of halogens is 2. The summed E-state index contributed by atoms with van der Waals surface area (Å²) in [5.74, 6) is -1.12. The maximum absolute atomic E-state index is 12.0. The molecule has 4 heteroatoms. The van der Waals surface area contributed by atoms with Crippen LogP contribution in [0, 0.1) is 12.8 Å². The second kappa shape index (κ2) is 9.02. The van der Waals surface area contributed by atoms with Crippen LogP contribution in [-0.2, 0) is 4.79 Å². The van der Waals surface area contributed by atoms with Gasteiger partial charge in [0.2, 0.25) is 0 Å². The molecule has 3 rings (SSSR count). The third-order valence-corrected chi connectivity index (χ3v) is 5.38. The van der Waals surface area contributed by atoms with Crippen LogP contribution in [0.2, 0.25) is 10.0 Å². The maximum atomic E-state index is 12.0. The fraction of sp³-hybridized carbons (Fsp3) is 0.240. The van der Waals surface area contributed by atoms with Crippen LogP contribution in [0.25, 0.3) is 22.3 Å². The van der Waals surface area contributed by atoms with Crippen molar-refractivity contribution in [2.75, 3.05) is 0 Å². The van der Waals surface area contributed by atoms with Gasteiger partial charge in [0.1, 0.15) is 0 Å². The molecule has 3 aromatic rings. The molecule has 0 aromatic heterocycles. The molecule has 0 bridgehead atoms. The topological polar surface area (TPSA) is 37.3 Å². The number of aryl methyl sites for hydroxylation is 1. The zero-order valence-electron chi connectivity index (χ0n) is 16.7. The molecule has 2 nitrogen and oxygen atoms in total. The molecule has 29 heavy (non-hydrogen) atoms. The summed E-state index contributed by atoms with van der Waals surface area (Å²) in [7, 11) is 0. The molecule has 1 unspecified atom stereocenters. The summed E-state index contributed by atoms with van der Waals surface area (Å²) in [4.78, 5) is 12.0. The van der Waals surface area contributed by atoms with Gasteiger partial charge in [-0.15, -0.1) is 0 Å². The Morgan fingerprint density at radius 1 is 0.828 bits per heavy atom. The van der Waals surface area contributed by atoms with Crippen LogP contribution in [0.15, 0.2) is 60.7 Å². The van der Waals surface area contributed by atoms with Crippen LogP contribution in [0.1, 0.15) is 37.3 Å². The molecule has 0 amide bonds. The molecule has 0 heterocycles. The highest BCUT2D eigenvalue weighted by atomic mass is 35.5. The Labute approximate surface area is 182 Å². The van der Waals surface area contributed by atoms with Gasteiger partial charge in [0, 0.05) is 10.0 Å². The summed E-state index contributed by atoms with van der Waals surface area (Å²) in [6, 6.07) is 19.6. The van der Waals surface area contributed by atoms with Crippen molar-refractivity contribution in [2.24, 2.45) is 5.92 Å². The Balaban J connectivity index is 2.20. The van der Waals surface area contributed by atoms with Gasteiger partial charge in [0.25, 0.3) is 0 Å². The third-order valence-electron chi connectivity index (χ3n) is 4.94. The van der Waals surface area contributed by atoms with Crippen molar-refractivity contribution < 1.29 is 9.90 Å². The Morgan fingerprint density at radius 3 is 1.86 bits per heavy atom. The van der Waals surface area contributed by atoms with Gasteiger partial charge < -0.3 is 5.11 Å². The van der Waals surface area contributed by atoms with E-state index in [0.717, 1.165) is 27.8 Å². The van der Waals surface area contributed by atoms with Gasteiger partial charge in [-0.2, -0.15) is 0 Å². The lowest BCUT2D eigenvalue weighted by Crippen LogP contribution is -2.14.